The van der Waals surface area contributed by atoms with Crippen LogP contribution in [-0.2, 0) is 16.6 Å². The number of rotatable bonds is 5. The lowest BCUT2D eigenvalue weighted by Crippen LogP contribution is -2.28. The number of benzene rings is 1. The van der Waals surface area contributed by atoms with Crippen LogP contribution in [-0.4, -0.2) is 26.3 Å². The summed E-state index contributed by atoms with van der Waals surface area (Å²) < 4.78 is 52.0. The molecule has 0 aliphatic heterocycles. The monoisotopic (exact) mass is 276 g/mol. The van der Waals surface area contributed by atoms with Gasteiger partial charge in [0.05, 0.1) is 0 Å². The summed E-state index contributed by atoms with van der Waals surface area (Å²) in [5, 5.41) is 0. The molecular weight excluding hydrogens is 262 g/mol. The van der Waals surface area contributed by atoms with Crippen molar-refractivity contribution in [3.8, 4) is 0 Å². The topological polar surface area (TPSA) is 63.4 Å². The fraction of sp³-hybridized carbons (Fsp3) is 0.273. The largest absolute Gasteiger partial charge is 0.326 e. The van der Waals surface area contributed by atoms with Crippen LogP contribution in [0, 0.1) is 11.6 Å². The lowest BCUT2D eigenvalue weighted by Gasteiger charge is -2.16. The first-order valence-electron chi connectivity index (χ1n) is 5.10. The molecule has 0 aliphatic carbocycles. The SMILES string of the molecule is C=CCN(C)S(=O)(=O)c1ccc(F)c(CN)c1F. The zero-order valence-corrected chi connectivity index (χ0v) is 10.7. The van der Waals surface area contributed by atoms with E-state index in [-0.39, 0.29) is 6.54 Å². The predicted molar refractivity (Wildman–Crippen MR) is 64.3 cm³/mol. The van der Waals surface area contributed by atoms with Crippen LogP contribution in [0.15, 0.2) is 29.7 Å². The molecule has 0 aromatic heterocycles. The van der Waals surface area contributed by atoms with E-state index >= 15 is 0 Å². The second-order valence-electron chi connectivity index (χ2n) is 3.62. The molecule has 1 aromatic rings. The number of nitrogens with zero attached hydrogens (tertiary/aromatic N) is 1. The normalized spacial score (nSPS) is 11.8. The predicted octanol–water partition coefficient (Wildman–Crippen LogP) is 1.23. The van der Waals surface area contributed by atoms with Gasteiger partial charge in [-0.15, -0.1) is 6.58 Å². The molecule has 4 nitrogen and oxygen atoms in total. The Morgan fingerprint density at radius 3 is 2.56 bits per heavy atom. The molecule has 0 fully saturated rings. The van der Waals surface area contributed by atoms with Gasteiger partial charge in [0.15, 0.2) is 5.82 Å². The Morgan fingerprint density at radius 2 is 2.06 bits per heavy atom. The average Bonchev–Trinajstić information content (AvgIpc) is 2.29. The van der Waals surface area contributed by atoms with Crippen molar-refractivity contribution in [2.45, 2.75) is 11.4 Å². The van der Waals surface area contributed by atoms with E-state index in [2.05, 4.69) is 6.58 Å². The molecule has 0 spiro atoms. The molecule has 2 N–H and O–H groups in total. The van der Waals surface area contributed by atoms with Crippen LogP contribution in [0.5, 0.6) is 0 Å². The summed E-state index contributed by atoms with van der Waals surface area (Å²) in [6.07, 6.45) is 1.36. The lowest BCUT2D eigenvalue weighted by atomic mass is 10.2. The van der Waals surface area contributed by atoms with E-state index in [1.807, 2.05) is 0 Å². The quantitative estimate of drug-likeness (QED) is 0.823. The van der Waals surface area contributed by atoms with E-state index in [1.165, 1.54) is 13.1 Å². The third-order valence-electron chi connectivity index (χ3n) is 2.43. The zero-order chi connectivity index (χ0) is 13.9. The second kappa shape index (κ2) is 5.55. The maximum Gasteiger partial charge on any atom is 0.246 e. The van der Waals surface area contributed by atoms with Gasteiger partial charge in [0.2, 0.25) is 10.0 Å². The minimum Gasteiger partial charge on any atom is -0.326 e. The summed E-state index contributed by atoms with van der Waals surface area (Å²) in [5.74, 6) is -2.01. The highest BCUT2D eigenvalue weighted by molar-refractivity contribution is 7.89. The smallest absolute Gasteiger partial charge is 0.246 e. The Labute approximate surface area is 105 Å². The van der Waals surface area contributed by atoms with Crippen molar-refractivity contribution in [2.24, 2.45) is 5.73 Å². The van der Waals surface area contributed by atoms with Gasteiger partial charge in [0.25, 0.3) is 0 Å². The molecule has 0 aliphatic rings. The van der Waals surface area contributed by atoms with Crippen LogP contribution in [0.3, 0.4) is 0 Å². The van der Waals surface area contributed by atoms with Crippen LogP contribution in [0.25, 0.3) is 0 Å². The van der Waals surface area contributed by atoms with Gasteiger partial charge in [-0.2, -0.15) is 4.31 Å². The summed E-state index contributed by atoms with van der Waals surface area (Å²) in [5.41, 5.74) is 4.75. The maximum atomic E-state index is 13.9. The molecule has 100 valence electrons. The highest BCUT2D eigenvalue weighted by Gasteiger charge is 2.26. The molecule has 0 saturated heterocycles. The number of nitrogens with two attached hydrogens (primary N) is 1. The van der Waals surface area contributed by atoms with Crippen molar-refractivity contribution in [1.29, 1.82) is 0 Å². The van der Waals surface area contributed by atoms with Crippen molar-refractivity contribution >= 4 is 10.0 Å². The summed E-state index contributed by atoms with van der Waals surface area (Å²) in [6, 6.07) is 1.78. The van der Waals surface area contributed by atoms with Crippen LogP contribution < -0.4 is 5.73 Å². The van der Waals surface area contributed by atoms with Crippen molar-refractivity contribution in [1.82, 2.24) is 4.31 Å². The molecule has 0 saturated carbocycles. The number of likely N-dealkylation sites (N-methyl/N-ethyl adjacent to an activating group) is 1. The molecule has 0 bridgehead atoms. The Balaban J connectivity index is 3.38. The summed E-state index contributed by atoms with van der Waals surface area (Å²) in [4.78, 5) is -0.589. The first-order valence-corrected chi connectivity index (χ1v) is 6.54. The van der Waals surface area contributed by atoms with E-state index in [4.69, 9.17) is 5.73 Å². The van der Waals surface area contributed by atoms with E-state index in [9.17, 15) is 17.2 Å². The van der Waals surface area contributed by atoms with Crippen LogP contribution >= 0.6 is 0 Å². The van der Waals surface area contributed by atoms with Crippen molar-refractivity contribution in [3.63, 3.8) is 0 Å². The summed E-state index contributed by atoms with van der Waals surface area (Å²) in [7, 11) is -2.74. The summed E-state index contributed by atoms with van der Waals surface area (Å²) >= 11 is 0. The van der Waals surface area contributed by atoms with Gasteiger partial charge < -0.3 is 5.73 Å². The van der Waals surface area contributed by atoms with Gasteiger partial charge in [-0.3, -0.25) is 0 Å². The van der Waals surface area contributed by atoms with Gasteiger partial charge >= 0.3 is 0 Å². The Bertz CT molecular complexity index is 558. The molecular formula is C11H14F2N2O2S. The molecule has 0 unspecified atom stereocenters. The number of hydrogen-bond donors (Lipinski definition) is 1. The molecule has 0 amide bonds. The maximum absolute atomic E-state index is 13.9. The molecule has 1 aromatic carbocycles. The third-order valence-corrected chi connectivity index (χ3v) is 4.27. The van der Waals surface area contributed by atoms with Crippen LogP contribution in [0.4, 0.5) is 8.78 Å². The van der Waals surface area contributed by atoms with Gasteiger partial charge in [-0.25, -0.2) is 17.2 Å². The van der Waals surface area contributed by atoms with E-state index in [1.54, 1.807) is 0 Å². The number of halogens is 2. The van der Waals surface area contributed by atoms with Gasteiger partial charge in [-0.05, 0) is 12.1 Å². The summed E-state index contributed by atoms with van der Waals surface area (Å²) in [6.45, 7) is 3.01. The Hall–Kier alpha value is -1.31. The first-order chi connectivity index (χ1) is 8.36. The molecule has 1 rings (SSSR count). The van der Waals surface area contributed by atoms with Gasteiger partial charge in [0.1, 0.15) is 10.7 Å². The molecule has 18 heavy (non-hydrogen) atoms. The fourth-order valence-electron chi connectivity index (χ4n) is 1.41. The molecule has 0 heterocycles. The van der Waals surface area contributed by atoms with E-state index in [0.717, 1.165) is 16.4 Å². The van der Waals surface area contributed by atoms with Crippen molar-refractivity contribution < 1.29 is 17.2 Å². The third kappa shape index (κ3) is 2.58. The molecule has 0 atom stereocenters. The highest BCUT2D eigenvalue weighted by Crippen LogP contribution is 2.23. The van der Waals surface area contributed by atoms with Gasteiger partial charge in [-0.1, -0.05) is 6.08 Å². The second-order valence-corrected chi connectivity index (χ2v) is 5.63. The Kier molecular flexibility index (Phi) is 4.55. The van der Waals surface area contributed by atoms with Crippen molar-refractivity contribution in [3.05, 3.63) is 42.0 Å². The lowest BCUT2D eigenvalue weighted by molar-refractivity contribution is 0.483. The van der Waals surface area contributed by atoms with Crippen molar-refractivity contribution in [2.75, 3.05) is 13.6 Å². The zero-order valence-electron chi connectivity index (χ0n) is 9.86. The number of hydrogen-bond acceptors (Lipinski definition) is 3. The minimum atomic E-state index is -4.02. The fourth-order valence-corrected chi connectivity index (χ4v) is 2.64. The standard InChI is InChI=1S/C11H14F2N2O2S/c1-3-6-15(2)18(16,17)10-5-4-9(12)8(7-14)11(10)13/h3-5H,1,6-7,14H2,2H3. The molecule has 0 radical (unpaired) electrons. The van der Waals surface area contributed by atoms with Gasteiger partial charge in [0, 0.05) is 25.7 Å². The van der Waals surface area contributed by atoms with E-state index in [0.29, 0.717) is 0 Å². The van der Waals surface area contributed by atoms with Crippen LogP contribution in [0.2, 0.25) is 0 Å². The van der Waals surface area contributed by atoms with Crippen LogP contribution in [0.1, 0.15) is 5.56 Å². The average molecular weight is 276 g/mol. The number of sulfonamides is 1. The first kappa shape index (κ1) is 14.7. The van der Waals surface area contributed by atoms with E-state index < -0.39 is 38.7 Å². The minimum absolute atomic E-state index is 0.0249. The Morgan fingerprint density at radius 1 is 1.44 bits per heavy atom. The molecule has 7 heteroatoms. The highest BCUT2D eigenvalue weighted by atomic mass is 32.2.